The summed E-state index contributed by atoms with van der Waals surface area (Å²) in [5.74, 6) is 0.205. The maximum absolute atomic E-state index is 12.8. The van der Waals surface area contributed by atoms with Crippen molar-refractivity contribution in [3.05, 3.63) is 29.8 Å². The molecule has 2 aliphatic rings. The second-order valence-electron chi connectivity index (χ2n) is 6.84. The van der Waals surface area contributed by atoms with Gasteiger partial charge in [0.25, 0.3) is 0 Å². The molecule has 0 aliphatic carbocycles. The van der Waals surface area contributed by atoms with E-state index in [0.29, 0.717) is 32.0 Å². The van der Waals surface area contributed by atoms with Crippen LogP contribution in [0.1, 0.15) is 31.7 Å². The first-order valence-corrected chi connectivity index (χ1v) is 8.92. The van der Waals surface area contributed by atoms with Gasteiger partial charge in [-0.25, -0.2) is 0 Å². The Bertz CT molecular complexity index is 608. The monoisotopic (exact) mass is 330 g/mol. The van der Waals surface area contributed by atoms with Gasteiger partial charge in [-0.15, -0.1) is 0 Å². The van der Waals surface area contributed by atoms with Crippen molar-refractivity contribution in [1.82, 2.24) is 4.90 Å². The van der Waals surface area contributed by atoms with E-state index in [0.717, 1.165) is 30.5 Å². The number of nitrogens with zero attached hydrogens (tertiary/aromatic N) is 2. The first-order valence-electron chi connectivity index (χ1n) is 8.92. The van der Waals surface area contributed by atoms with Gasteiger partial charge in [-0.1, -0.05) is 25.1 Å². The Morgan fingerprint density at radius 1 is 1.25 bits per heavy atom. The number of carbonyl (C=O) groups excluding carboxylic acids is 2. The van der Waals surface area contributed by atoms with Crippen LogP contribution in [0.2, 0.25) is 0 Å². The minimum Gasteiger partial charge on any atom is -0.396 e. The highest BCUT2D eigenvalue weighted by molar-refractivity contribution is 6.00. The van der Waals surface area contributed by atoms with Crippen molar-refractivity contribution in [3.8, 4) is 0 Å². The van der Waals surface area contributed by atoms with E-state index in [9.17, 15) is 14.7 Å². The fourth-order valence-corrected chi connectivity index (χ4v) is 3.77. The summed E-state index contributed by atoms with van der Waals surface area (Å²) >= 11 is 0. The minimum atomic E-state index is -0.243. The quantitative estimate of drug-likeness (QED) is 0.916. The van der Waals surface area contributed by atoms with E-state index in [4.69, 9.17) is 0 Å². The topological polar surface area (TPSA) is 60.9 Å². The number of para-hydroxylation sites is 1. The lowest BCUT2D eigenvalue weighted by atomic mass is 9.96. The number of benzene rings is 1. The molecule has 3 rings (SSSR count). The number of piperidine rings is 1. The van der Waals surface area contributed by atoms with E-state index < -0.39 is 0 Å². The molecule has 5 nitrogen and oxygen atoms in total. The largest absolute Gasteiger partial charge is 0.396 e. The lowest BCUT2D eigenvalue weighted by Gasteiger charge is -2.32. The summed E-state index contributed by atoms with van der Waals surface area (Å²) in [5.41, 5.74) is 2.09. The zero-order chi connectivity index (χ0) is 17.1. The van der Waals surface area contributed by atoms with Crippen molar-refractivity contribution in [1.29, 1.82) is 0 Å². The second kappa shape index (κ2) is 7.34. The number of anilines is 1. The van der Waals surface area contributed by atoms with E-state index in [1.807, 2.05) is 29.2 Å². The number of hydrogen-bond acceptors (Lipinski definition) is 3. The number of rotatable bonds is 4. The molecule has 1 atom stereocenters. The van der Waals surface area contributed by atoms with E-state index >= 15 is 0 Å². The molecule has 0 spiro atoms. The summed E-state index contributed by atoms with van der Waals surface area (Å²) in [6.07, 6.45) is 2.88. The van der Waals surface area contributed by atoms with Crippen molar-refractivity contribution < 1.29 is 14.7 Å². The first kappa shape index (κ1) is 17.0. The van der Waals surface area contributed by atoms with Crippen LogP contribution in [0.5, 0.6) is 0 Å². The van der Waals surface area contributed by atoms with Crippen molar-refractivity contribution in [2.75, 3.05) is 31.1 Å². The molecule has 2 amide bonds. The van der Waals surface area contributed by atoms with Crippen LogP contribution in [-0.2, 0) is 16.0 Å². The Balaban J connectivity index is 1.67. The number of aliphatic hydroxyl groups is 1. The van der Waals surface area contributed by atoms with Gasteiger partial charge in [0.2, 0.25) is 11.8 Å². The molecule has 0 saturated carbocycles. The molecule has 1 unspecified atom stereocenters. The highest BCUT2D eigenvalue weighted by Crippen LogP contribution is 2.30. The van der Waals surface area contributed by atoms with Crippen LogP contribution in [0.15, 0.2) is 24.3 Å². The standard InChI is InChI=1S/C19H26N2O3/c1-2-15-5-3-4-6-17(15)21-12-16(11-18(21)23)19(24)20-9-7-14(13-22)8-10-20/h3-6,14,16,22H,2,7-13H2,1H3. The summed E-state index contributed by atoms with van der Waals surface area (Å²) in [4.78, 5) is 28.9. The molecule has 24 heavy (non-hydrogen) atoms. The van der Waals surface area contributed by atoms with E-state index in [-0.39, 0.29) is 24.3 Å². The SMILES string of the molecule is CCc1ccccc1N1CC(C(=O)N2CCC(CO)CC2)CC1=O. The van der Waals surface area contributed by atoms with Gasteiger partial charge in [0, 0.05) is 38.3 Å². The fourth-order valence-electron chi connectivity index (χ4n) is 3.77. The molecule has 2 aliphatic heterocycles. The van der Waals surface area contributed by atoms with Crippen LogP contribution in [0.3, 0.4) is 0 Å². The van der Waals surface area contributed by atoms with Crippen LogP contribution >= 0.6 is 0 Å². The molecular formula is C19H26N2O3. The molecule has 5 heteroatoms. The van der Waals surface area contributed by atoms with Crippen LogP contribution in [-0.4, -0.2) is 48.1 Å². The third-order valence-corrected chi connectivity index (χ3v) is 5.32. The Labute approximate surface area is 143 Å². The predicted octanol–water partition coefficient (Wildman–Crippen LogP) is 1.83. The highest BCUT2D eigenvalue weighted by atomic mass is 16.3. The fraction of sp³-hybridized carbons (Fsp3) is 0.579. The van der Waals surface area contributed by atoms with Crippen LogP contribution in [0, 0.1) is 11.8 Å². The van der Waals surface area contributed by atoms with Gasteiger partial charge in [0.15, 0.2) is 0 Å². The van der Waals surface area contributed by atoms with Crippen molar-refractivity contribution in [2.24, 2.45) is 11.8 Å². The third kappa shape index (κ3) is 3.31. The van der Waals surface area contributed by atoms with Gasteiger partial charge < -0.3 is 14.9 Å². The number of carbonyl (C=O) groups is 2. The summed E-state index contributed by atoms with van der Waals surface area (Å²) in [5, 5.41) is 9.22. The average molecular weight is 330 g/mol. The summed E-state index contributed by atoms with van der Waals surface area (Å²) in [6, 6.07) is 7.93. The van der Waals surface area contributed by atoms with Crippen LogP contribution < -0.4 is 4.90 Å². The molecule has 0 radical (unpaired) electrons. The number of likely N-dealkylation sites (tertiary alicyclic amines) is 1. The number of amides is 2. The summed E-state index contributed by atoms with van der Waals surface area (Å²) < 4.78 is 0. The maximum atomic E-state index is 12.8. The molecule has 130 valence electrons. The van der Waals surface area contributed by atoms with E-state index in [2.05, 4.69) is 6.92 Å². The normalized spacial score (nSPS) is 22.2. The number of hydrogen-bond donors (Lipinski definition) is 1. The van der Waals surface area contributed by atoms with E-state index in [1.165, 1.54) is 0 Å². The van der Waals surface area contributed by atoms with Crippen LogP contribution in [0.25, 0.3) is 0 Å². The maximum Gasteiger partial charge on any atom is 0.228 e. The zero-order valence-electron chi connectivity index (χ0n) is 14.3. The lowest BCUT2D eigenvalue weighted by Crippen LogP contribution is -2.43. The van der Waals surface area contributed by atoms with Gasteiger partial charge in [-0.05, 0) is 36.8 Å². The zero-order valence-corrected chi connectivity index (χ0v) is 14.3. The second-order valence-corrected chi connectivity index (χ2v) is 6.84. The smallest absolute Gasteiger partial charge is 0.228 e. The molecule has 0 bridgehead atoms. The van der Waals surface area contributed by atoms with Gasteiger partial charge in [-0.2, -0.15) is 0 Å². The van der Waals surface area contributed by atoms with Gasteiger partial charge in [-0.3, -0.25) is 9.59 Å². The third-order valence-electron chi connectivity index (χ3n) is 5.32. The van der Waals surface area contributed by atoms with Gasteiger partial charge in [0.05, 0.1) is 5.92 Å². The number of aliphatic hydroxyl groups excluding tert-OH is 1. The van der Waals surface area contributed by atoms with E-state index in [1.54, 1.807) is 4.90 Å². The molecular weight excluding hydrogens is 304 g/mol. The summed E-state index contributed by atoms with van der Waals surface area (Å²) in [6.45, 7) is 4.15. The molecule has 2 heterocycles. The average Bonchev–Trinajstić information content (AvgIpc) is 3.02. The van der Waals surface area contributed by atoms with Gasteiger partial charge >= 0.3 is 0 Å². The number of aryl methyl sites for hydroxylation is 1. The lowest BCUT2D eigenvalue weighted by molar-refractivity contribution is -0.137. The molecule has 2 saturated heterocycles. The molecule has 1 aromatic rings. The summed E-state index contributed by atoms with van der Waals surface area (Å²) in [7, 11) is 0. The Kier molecular flexibility index (Phi) is 5.19. The molecule has 0 aromatic heterocycles. The highest BCUT2D eigenvalue weighted by Gasteiger charge is 2.38. The Hall–Kier alpha value is -1.88. The van der Waals surface area contributed by atoms with Gasteiger partial charge in [0.1, 0.15) is 0 Å². The van der Waals surface area contributed by atoms with Crippen molar-refractivity contribution in [3.63, 3.8) is 0 Å². The predicted molar refractivity (Wildman–Crippen MR) is 92.7 cm³/mol. The van der Waals surface area contributed by atoms with Crippen LogP contribution in [0.4, 0.5) is 5.69 Å². The van der Waals surface area contributed by atoms with Crippen molar-refractivity contribution in [2.45, 2.75) is 32.6 Å². The Morgan fingerprint density at radius 2 is 1.96 bits per heavy atom. The minimum absolute atomic E-state index is 0.0412. The Morgan fingerprint density at radius 3 is 2.62 bits per heavy atom. The van der Waals surface area contributed by atoms with Crippen molar-refractivity contribution >= 4 is 17.5 Å². The molecule has 1 N–H and O–H groups in total. The molecule has 1 aromatic carbocycles. The first-order chi connectivity index (χ1) is 11.6. The molecule has 2 fully saturated rings.